The van der Waals surface area contributed by atoms with Crippen LogP contribution in [0.1, 0.15) is 42.9 Å². The van der Waals surface area contributed by atoms with Crippen LogP contribution >= 0.6 is 0 Å². The van der Waals surface area contributed by atoms with Gasteiger partial charge in [-0.15, -0.1) is 0 Å². The van der Waals surface area contributed by atoms with Gasteiger partial charge in [-0.1, -0.05) is 24.3 Å². The Labute approximate surface area is 91.4 Å². The van der Waals surface area contributed by atoms with Gasteiger partial charge in [-0.05, 0) is 36.8 Å². The third-order valence-electron chi connectivity index (χ3n) is 2.94. The molecule has 0 saturated heterocycles. The Morgan fingerprint density at radius 3 is 2.47 bits per heavy atom. The maximum Gasteiger partial charge on any atom is 0.0946 e. The highest BCUT2D eigenvalue weighted by atomic mass is 16.5. The Bertz CT molecular complexity index is 303. The Morgan fingerprint density at radius 2 is 2.00 bits per heavy atom. The SMILES string of the molecule is CCOC(CN)c1ccc(C2CC2)cc1. The zero-order valence-electron chi connectivity index (χ0n) is 9.28. The summed E-state index contributed by atoms with van der Waals surface area (Å²) in [4.78, 5) is 0. The van der Waals surface area contributed by atoms with Crippen molar-refractivity contribution in [1.29, 1.82) is 0 Å². The molecular formula is C13H19NO. The van der Waals surface area contributed by atoms with E-state index in [-0.39, 0.29) is 6.10 Å². The second-order valence-corrected chi connectivity index (χ2v) is 4.12. The molecule has 1 unspecified atom stereocenters. The zero-order valence-corrected chi connectivity index (χ0v) is 9.28. The minimum atomic E-state index is 0.0586. The number of nitrogens with two attached hydrogens (primary N) is 1. The maximum atomic E-state index is 5.68. The number of rotatable bonds is 5. The van der Waals surface area contributed by atoms with Gasteiger partial charge in [-0.3, -0.25) is 0 Å². The van der Waals surface area contributed by atoms with E-state index in [9.17, 15) is 0 Å². The fourth-order valence-electron chi connectivity index (χ4n) is 1.90. The van der Waals surface area contributed by atoms with Gasteiger partial charge in [0.1, 0.15) is 0 Å². The molecule has 0 amide bonds. The fraction of sp³-hybridized carbons (Fsp3) is 0.538. The van der Waals surface area contributed by atoms with Crippen LogP contribution in [0.3, 0.4) is 0 Å². The van der Waals surface area contributed by atoms with E-state index in [1.165, 1.54) is 24.0 Å². The van der Waals surface area contributed by atoms with Gasteiger partial charge >= 0.3 is 0 Å². The molecule has 2 nitrogen and oxygen atoms in total. The summed E-state index contributed by atoms with van der Waals surface area (Å²) in [6.07, 6.45) is 2.76. The van der Waals surface area contributed by atoms with Crippen LogP contribution in [0.15, 0.2) is 24.3 Å². The van der Waals surface area contributed by atoms with E-state index < -0.39 is 0 Å². The van der Waals surface area contributed by atoms with Crippen molar-refractivity contribution in [2.75, 3.05) is 13.2 Å². The predicted molar refractivity (Wildman–Crippen MR) is 61.8 cm³/mol. The molecule has 0 aliphatic heterocycles. The lowest BCUT2D eigenvalue weighted by Crippen LogP contribution is -2.15. The van der Waals surface area contributed by atoms with Crippen molar-refractivity contribution in [2.45, 2.75) is 31.8 Å². The van der Waals surface area contributed by atoms with E-state index >= 15 is 0 Å². The van der Waals surface area contributed by atoms with Gasteiger partial charge in [-0.2, -0.15) is 0 Å². The molecule has 1 aliphatic rings. The molecule has 0 heterocycles. The van der Waals surface area contributed by atoms with Crippen molar-refractivity contribution < 1.29 is 4.74 Å². The van der Waals surface area contributed by atoms with Crippen LogP contribution in [-0.2, 0) is 4.74 Å². The van der Waals surface area contributed by atoms with Gasteiger partial charge in [-0.25, -0.2) is 0 Å². The summed E-state index contributed by atoms with van der Waals surface area (Å²) in [6, 6.07) is 8.74. The molecule has 82 valence electrons. The second-order valence-electron chi connectivity index (χ2n) is 4.12. The first-order valence-corrected chi connectivity index (χ1v) is 5.76. The van der Waals surface area contributed by atoms with Gasteiger partial charge in [0.2, 0.25) is 0 Å². The molecule has 0 spiro atoms. The third kappa shape index (κ3) is 2.58. The molecule has 1 aliphatic carbocycles. The van der Waals surface area contributed by atoms with Crippen molar-refractivity contribution in [1.82, 2.24) is 0 Å². The van der Waals surface area contributed by atoms with Crippen molar-refractivity contribution in [2.24, 2.45) is 5.73 Å². The third-order valence-corrected chi connectivity index (χ3v) is 2.94. The lowest BCUT2D eigenvalue weighted by molar-refractivity contribution is 0.0688. The number of hydrogen-bond acceptors (Lipinski definition) is 2. The lowest BCUT2D eigenvalue weighted by Gasteiger charge is -2.15. The van der Waals surface area contributed by atoms with Gasteiger partial charge in [0.15, 0.2) is 0 Å². The summed E-state index contributed by atoms with van der Waals surface area (Å²) in [7, 11) is 0. The summed E-state index contributed by atoms with van der Waals surface area (Å²) in [5.41, 5.74) is 8.34. The van der Waals surface area contributed by atoms with Gasteiger partial charge in [0.25, 0.3) is 0 Å². The highest BCUT2D eigenvalue weighted by Crippen LogP contribution is 2.40. The molecule has 2 heteroatoms. The van der Waals surface area contributed by atoms with Gasteiger partial charge < -0.3 is 10.5 Å². The minimum absolute atomic E-state index is 0.0586. The Morgan fingerprint density at radius 1 is 1.33 bits per heavy atom. The van der Waals surface area contributed by atoms with E-state index in [0.717, 1.165) is 5.92 Å². The highest BCUT2D eigenvalue weighted by molar-refractivity contribution is 5.29. The molecular weight excluding hydrogens is 186 g/mol. The summed E-state index contributed by atoms with van der Waals surface area (Å²) >= 11 is 0. The average Bonchev–Trinajstić information content (AvgIpc) is 3.10. The monoisotopic (exact) mass is 205 g/mol. The van der Waals surface area contributed by atoms with Crippen molar-refractivity contribution >= 4 is 0 Å². The van der Waals surface area contributed by atoms with Crippen LogP contribution in [0.5, 0.6) is 0 Å². The first kappa shape index (κ1) is 10.7. The molecule has 0 bridgehead atoms. The van der Waals surface area contributed by atoms with Gasteiger partial charge in [0.05, 0.1) is 6.10 Å². The predicted octanol–water partition coefficient (Wildman–Crippen LogP) is 2.60. The standard InChI is InChI=1S/C13H19NO/c1-2-15-13(9-14)12-7-5-11(6-8-12)10-3-4-10/h5-8,10,13H,2-4,9,14H2,1H3. The van der Waals surface area contributed by atoms with Crippen LogP contribution in [0, 0.1) is 0 Å². The Hall–Kier alpha value is -0.860. The van der Waals surface area contributed by atoms with Crippen LogP contribution in [-0.4, -0.2) is 13.2 Å². The molecule has 1 aromatic rings. The summed E-state index contributed by atoms with van der Waals surface area (Å²) in [5.74, 6) is 0.822. The number of benzene rings is 1. The summed E-state index contributed by atoms with van der Waals surface area (Å²) < 4.78 is 5.57. The molecule has 2 rings (SSSR count). The number of hydrogen-bond donors (Lipinski definition) is 1. The largest absolute Gasteiger partial charge is 0.372 e. The molecule has 1 atom stereocenters. The maximum absolute atomic E-state index is 5.68. The van der Waals surface area contributed by atoms with E-state index in [1.807, 2.05) is 6.92 Å². The average molecular weight is 205 g/mol. The van der Waals surface area contributed by atoms with E-state index in [4.69, 9.17) is 10.5 Å². The van der Waals surface area contributed by atoms with Crippen molar-refractivity contribution in [3.05, 3.63) is 35.4 Å². The van der Waals surface area contributed by atoms with Crippen molar-refractivity contribution in [3.63, 3.8) is 0 Å². The van der Waals surface area contributed by atoms with Crippen LogP contribution in [0.4, 0.5) is 0 Å². The molecule has 1 fully saturated rings. The minimum Gasteiger partial charge on any atom is -0.372 e. The van der Waals surface area contributed by atoms with Gasteiger partial charge in [0, 0.05) is 13.2 Å². The summed E-state index contributed by atoms with van der Waals surface area (Å²) in [5, 5.41) is 0. The molecule has 0 aromatic heterocycles. The topological polar surface area (TPSA) is 35.2 Å². The highest BCUT2D eigenvalue weighted by Gasteiger charge is 2.23. The van der Waals surface area contributed by atoms with Crippen LogP contribution < -0.4 is 5.73 Å². The van der Waals surface area contributed by atoms with E-state index in [0.29, 0.717) is 13.2 Å². The first-order chi connectivity index (χ1) is 7.35. The normalized spacial score (nSPS) is 17.7. The molecule has 1 aromatic carbocycles. The van der Waals surface area contributed by atoms with E-state index in [1.54, 1.807) is 0 Å². The molecule has 15 heavy (non-hydrogen) atoms. The van der Waals surface area contributed by atoms with Crippen LogP contribution in [0.2, 0.25) is 0 Å². The Balaban J connectivity index is 2.06. The summed E-state index contributed by atoms with van der Waals surface area (Å²) in [6.45, 7) is 3.27. The number of ether oxygens (including phenoxy) is 1. The smallest absolute Gasteiger partial charge is 0.0946 e. The first-order valence-electron chi connectivity index (χ1n) is 5.76. The zero-order chi connectivity index (χ0) is 10.7. The Kier molecular flexibility index (Phi) is 3.39. The molecule has 2 N–H and O–H groups in total. The fourth-order valence-corrected chi connectivity index (χ4v) is 1.90. The van der Waals surface area contributed by atoms with Crippen LogP contribution in [0.25, 0.3) is 0 Å². The van der Waals surface area contributed by atoms with E-state index in [2.05, 4.69) is 24.3 Å². The van der Waals surface area contributed by atoms with Crippen molar-refractivity contribution in [3.8, 4) is 0 Å². The lowest BCUT2D eigenvalue weighted by atomic mass is 10.0. The second kappa shape index (κ2) is 4.77. The quantitative estimate of drug-likeness (QED) is 0.802. The molecule has 1 saturated carbocycles. The molecule has 0 radical (unpaired) electrons.